The Hall–Kier alpha value is -0.860. The first kappa shape index (κ1) is 12.6. The first-order chi connectivity index (χ1) is 8.07. The van der Waals surface area contributed by atoms with E-state index in [1.807, 2.05) is 0 Å². The third-order valence-corrected chi connectivity index (χ3v) is 3.48. The minimum atomic E-state index is 0.0202. The highest BCUT2D eigenvalue weighted by atomic mass is 16.5. The van der Waals surface area contributed by atoms with Crippen molar-refractivity contribution in [3.8, 4) is 0 Å². The molecule has 1 aliphatic rings. The minimum absolute atomic E-state index is 0.0202. The van der Waals surface area contributed by atoms with Gasteiger partial charge in [0.1, 0.15) is 0 Å². The summed E-state index contributed by atoms with van der Waals surface area (Å²) in [4.78, 5) is 0. The number of rotatable bonds is 3. The zero-order chi connectivity index (χ0) is 12.3. The highest BCUT2D eigenvalue weighted by Gasteiger charge is 2.29. The molecule has 1 aromatic rings. The molecule has 0 bridgehead atoms. The molecule has 2 atom stereocenters. The van der Waals surface area contributed by atoms with Crippen molar-refractivity contribution in [2.45, 2.75) is 51.3 Å². The van der Waals surface area contributed by atoms with Crippen LogP contribution in [0.5, 0.6) is 0 Å². The fraction of sp³-hybridized carbons (Fsp3) is 0.600. The lowest BCUT2D eigenvalue weighted by atomic mass is 9.93. The SMILES string of the molecule is C[C@@H](N[C@H]1CCOC(C)(C)C1)c1ccccc1. The van der Waals surface area contributed by atoms with Gasteiger partial charge in [-0.25, -0.2) is 0 Å². The molecular weight excluding hydrogens is 210 g/mol. The third-order valence-electron chi connectivity index (χ3n) is 3.48. The van der Waals surface area contributed by atoms with Crippen molar-refractivity contribution in [2.24, 2.45) is 0 Å². The Morgan fingerprint density at radius 2 is 2.00 bits per heavy atom. The largest absolute Gasteiger partial charge is 0.375 e. The highest BCUT2D eigenvalue weighted by molar-refractivity contribution is 5.18. The summed E-state index contributed by atoms with van der Waals surface area (Å²) in [6.07, 6.45) is 2.20. The van der Waals surface area contributed by atoms with Gasteiger partial charge in [0.15, 0.2) is 0 Å². The van der Waals surface area contributed by atoms with E-state index in [9.17, 15) is 0 Å². The molecule has 1 N–H and O–H groups in total. The molecule has 0 amide bonds. The molecule has 17 heavy (non-hydrogen) atoms. The zero-order valence-electron chi connectivity index (χ0n) is 11.1. The van der Waals surface area contributed by atoms with Crippen LogP contribution >= 0.6 is 0 Å². The summed E-state index contributed by atoms with van der Waals surface area (Å²) in [6, 6.07) is 11.6. The lowest BCUT2D eigenvalue weighted by molar-refractivity contribution is -0.0639. The number of nitrogens with one attached hydrogen (secondary N) is 1. The van der Waals surface area contributed by atoms with E-state index < -0.39 is 0 Å². The first-order valence-corrected chi connectivity index (χ1v) is 6.52. The van der Waals surface area contributed by atoms with Gasteiger partial charge in [-0.3, -0.25) is 0 Å². The Balaban J connectivity index is 1.93. The average molecular weight is 233 g/mol. The average Bonchev–Trinajstić information content (AvgIpc) is 2.29. The predicted molar refractivity (Wildman–Crippen MR) is 71.0 cm³/mol. The fourth-order valence-electron chi connectivity index (χ4n) is 2.57. The molecule has 0 spiro atoms. The van der Waals surface area contributed by atoms with E-state index >= 15 is 0 Å². The van der Waals surface area contributed by atoms with E-state index in [0.29, 0.717) is 12.1 Å². The van der Waals surface area contributed by atoms with Crippen LogP contribution in [0.1, 0.15) is 45.2 Å². The third kappa shape index (κ3) is 3.55. The van der Waals surface area contributed by atoms with E-state index in [-0.39, 0.29) is 5.60 Å². The van der Waals surface area contributed by atoms with Crippen molar-refractivity contribution in [1.82, 2.24) is 5.32 Å². The van der Waals surface area contributed by atoms with Crippen LogP contribution in [0, 0.1) is 0 Å². The predicted octanol–water partition coefficient (Wildman–Crippen LogP) is 3.29. The molecule has 94 valence electrons. The van der Waals surface area contributed by atoms with Gasteiger partial charge in [0.25, 0.3) is 0 Å². The lowest BCUT2D eigenvalue weighted by Gasteiger charge is -2.37. The Morgan fingerprint density at radius 1 is 1.29 bits per heavy atom. The summed E-state index contributed by atoms with van der Waals surface area (Å²) in [7, 11) is 0. The van der Waals surface area contributed by atoms with Gasteiger partial charge in [-0.2, -0.15) is 0 Å². The van der Waals surface area contributed by atoms with Crippen LogP contribution in [-0.4, -0.2) is 18.2 Å². The minimum Gasteiger partial charge on any atom is -0.375 e. The Morgan fingerprint density at radius 3 is 2.65 bits per heavy atom. The monoisotopic (exact) mass is 233 g/mol. The Bertz CT molecular complexity index is 347. The second kappa shape index (κ2) is 5.19. The molecule has 1 aliphatic heterocycles. The molecule has 0 unspecified atom stereocenters. The van der Waals surface area contributed by atoms with E-state index in [4.69, 9.17) is 4.74 Å². The van der Waals surface area contributed by atoms with Crippen LogP contribution in [-0.2, 0) is 4.74 Å². The quantitative estimate of drug-likeness (QED) is 0.865. The van der Waals surface area contributed by atoms with Crippen LogP contribution < -0.4 is 5.32 Å². The normalized spacial score (nSPS) is 25.5. The van der Waals surface area contributed by atoms with Crippen LogP contribution in [0.2, 0.25) is 0 Å². The van der Waals surface area contributed by atoms with Crippen LogP contribution in [0.3, 0.4) is 0 Å². The van der Waals surface area contributed by atoms with Gasteiger partial charge in [-0.1, -0.05) is 30.3 Å². The Kier molecular flexibility index (Phi) is 3.85. The second-order valence-corrected chi connectivity index (χ2v) is 5.60. The number of benzene rings is 1. The van der Waals surface area contributed by atoms with Gasteiger partial charge < -0.3 is 10.1 Å². The van der Waals surface area contributed by atoms with E-state index in [1.54, 1.807) is 0 Å². The molecule has 1 aromatic carbocycles. The fourth-order valence-corrected chi connectivity index (χ4v) is 2.57. The molecule has 2 nitrogen and oxygen atoms in total. The van der Waals surface area contributed by atoms with Gasteiger partial charge in [-0.05, 0) is 39.2 Å². The highest BCUT2D eigenvalue weighted by Crippen LogP contribution is 2.25. The Labute approximate surface area is 104 Å². The molecule has 0 aromatic heterocycles. The number of ether oxygens (including phenoxy) is 1. The van der Waals surface area contributed by atoms with Crippen molar-refractivity contribution < 1.29 is 4.74 Å². The van der Waals surface area contributed by atoms with Crippen molar-refractivity contribution in [3.63, 3.8) is 0 Å². The molecule has 0 saturated carbocycles. The topological polar surface area (TPSA) is 21.3 Å². The standard InChI is InChI=1S/C15H23NO/c1-12(13-7-5-4-6-8-13)16-14-9-10-17-15(2,3)11-14/h4-8,12,14,16H,9-11H2,1-3H3/t12-,14+/m1/s1. The van der Waals surface area contributed by atoms with Crippen molar-refractivity contribution >= 4 is 0 Å². The molecular formula is C15H23NO. The summed E-state index contributed by atoms with van der Waals surface area (Å²) in [5.41, 5.74) is 1.38. The van der Waals surface area contributed by atoms with Crippen LogP contribution in [0.25, 0.3) is 0 Å². The van der Waals surface area contributed by atoms with E-state index in [1.165, 1.54) is 5.56 Å². The molecule has 1 heterocycles. The van der Waals surface area contributed by atoms with Gasteiger partial charge in [0, 0.05) is 18.7 Å². The molecule has 1 saturated heterocycles. The maximum atomic E-state index is 5.74. The summed E-state index contributed by atoms with van der Waals surface area (Å²) >= 11 is 0. The van der Waals surface area contributed by atoms with Crippen LogP contribution in [0.4, 0.5) is 0 Å². The zero-order valence-corrected chi connectivity index (χ0v) is 11.1. The van der Waals surface area contributed by atoms with Gasteiger partial charge in [0.2, 0.25) is 0 Å². The van der Waals surface area contributed by atoms with Gasteiger partial charge in [-0.15, -0.1) is 0 Å². The summed E-state index contributed by atoms with van der Waals surface area (Å²) in [5.74, 6) is 0. The number of hydrogen-bond donors (Lipinski definition) is 1. The molecule has 2 heteroatoms. The molecule has 0 radical (unpaired) electrons. The van der Waals surface area contributed by atoms with E-state index in [2.05, 4.69) is 56.4 Å². The maximum Gasteiger partial charge on any atom is 0.0641 e. The van der Waals surface area contributed by atoms with Gasteiger partial charge >= 0.3 is 0 Å². The summed E-state index contributed by atoms with van der Waals surface area (Å²) in [5, 5.41) is 3.71. The molecule has 1 fully saturated rings. The smallest absolute Gasteiger partial charge is 0.0641 e. The van der Waals surface area contributed by atoms with Crippen molar-refractivity contribution in [2.75, 3.05) is 6.61 Å². The summed E-state index contributed by atoms with van der Waals surface area (Å²) in [6.45, 7) is 7.45. The number of hydrogen-bond acceptors (Lipinski definition) is 2. The van der Waals surface area contributed by atoms with Crippen molar-refractivity contribution in [3.05, 3.63) is 35.9 Å². The summed E-state index contributed by atoms with van der Waals surface area (Å²) < 4.78 is 5.74. The maximum absolute atomic E-state index is 5.74. The van der Waals surface area contributed by atoms with E-state index in [0.717, 1.165) is 19.4 Å². The lowest BCUT2D eigenvalue weighted by Crippen LogP contribution is -2.44. The molecule has 0 aliphatic carbocycles. The van der Waals surface area contributed by atoms with Gasteiger partial charge in [0.05, 0.1) is 5.60 Å². The second-order valence-electron chi connectivity index (χ2n) is 5.60. The molecule has 2 rings (SSSR count). The first-order valence-electron chi connectivity index (χ1n) is 6.52. The van der Waals surface area contributed by atoms with Crippen LogP contribution in [0.15, 0.2) is 30.3 Å². The van der Waals surface area contributed by atoms with Crippen molar-refractivity contribution in [1.29, 1.82) is 0 Å².